The largest absolute Gasteiger partial charge is 0.462 e. The molecule has 1 aromatic heterocycles. The molecule has 1 amide bonds. The summed E-state index contributed by atoms with van der Waals surface area (Å²) in [5.74, 6) is -0.182. The first kappa shape index (κ1) is 19.3. The average Bonchev–Trinajstić information content (AvgIpc) is 2.60. The number of pyridine rings is 1. The van der Waals surface area contributed by atoms with E-state index in [4.69, 9.17) is 4.74 Å². The molecule has 0 aromatic carbocycles. The van der Waals surface area contributed by atoms with E-state index >= 15 is 0 Å². The molecule has 0 radical (unpaired) electrons. The van der Waals surface area contributed by atoms with Gasteiger partial charge in [-0.3, -0.25) is 4.79 Å². The first-order chi connectivity index (χ1) is 12.0. The van der Waals surface area contributed by atoms with Crippen molar-refractivity contribution in [1.82, 2.24) is 9.88 Å². The lowest BCUT2D eigenvalue weighted by atomic mass is 10.0. The predicted octanol–water partition coefficient (Wildman–Crippen LogP) is 2.93. The van der Waals surface area contributed by atoms with Gasteiger partial charge < -0.3 is 9.64 Å². The molecule has 0 aliphatic carbocycles. The summed E-state index contributed by atoms with van der Waals surface area (Å²) in [6.45, 7) is 6.55. The molecule has 1 aliphatic heterocycles. The monoisotopic (exact) mass is 361 g/mol. The van der Waals surface area contributed by atoms with Crippen LogP contribution in [-0.2, 0) is 9.53 Å². The van der Waals surface area contributed by atoms with Gasteiger partial charge in [0.15, 0.2) is 0 Å². The van der Waals surface area contributed by atoms with Crippen molar-refractivity contribution in [1.29, 1.82) is 5.26 Å². The number of aromatic nitrogens is 1. The minimum absolute atomic E-state index is 0.0648. The molecule has 25 heavy (non-hydrogen) atoms. The van der Waals surface area contributed by atoms with E-state index in [1.165, 1.54) is 17.8 Å². The Balaban J connectivity index is 2.11. The van der Waals surface area contributed by atoms with Gasteiger partial charge in [0, 0.05) is 12.6 Å². The maximum Gasteiger partial charge on any atom is 0.340 e. The number of esters is 1. The summed E-state index contributed by atoms with van der Waals surface area (Å²) >= 11 is 1.25. The lowest BCUT2D eigenvalue weighted by molar-refractivity contribution is -0.131. The number of hydrogen-bond donors (Lipinski definition) is 0. The number of thioether (sulfide) groups is 1. The van der Waals surface area contributed by atoms with E-state index in [0.29, 0.717) is 16.3 Å². The van der Waals surface area contributed by atoms with E-state index in [1.807, 2.05) is 4.90 Å². The Labute approximate surface area is 152 Å². The highest BCUT2D eigenvalue weighted by Gasteiger charge is 2.24. The topological polar surface area (TPSA) is 83.3 Å². The average molecular weight is 361 g/mol. The highest BCUT2D eigenvalue weighted by Crippen LogP contribution is 2.25. The van der Waals surface area contributed by atoms with Crippen LogP contribution in [0.1, 0.15) is 54.7 Å². The number of rotatable bonds is 5. The summed E-state index contributed by atoms with van der Waals surface area (Å²) in [6.07, 6.45) is 3.23. The van der Waals surface area contributed by atoms with Crippen LogP contribution >= 0.6 is 11.8 Å². The fourth-order valence-corrected chi connectivity index (χ4v) is 3.76. The number of nitrogens with zero attached hydrogens (tertiary/aromatic N) is 3. The third-order valence-corrected chi connectivity index (χ3v) is 5.23. The van der Waals surface area contributed by atoms with Gasteiger partial charge in [-0.05, 0) is 46.1 Å². The molecule has 0 bridgehead atoms. The van der Waals surface area contributed by atoms with Crippen LogP contribution in [0.5, 0.6) is 0 Å². The molecule has 0 saturated carbocycles. The van der Waals surface area contributed by atoms with Crippen molar-refractivity contribution in [2.24, 2.45) is 0 Å². The Morgan fingerprint density at radius 2 is 2.24 bits per heavy atom. The van der Waals surface area contributed by atoms with Crippen molar-refractivity contribution in [3.8, 4) is 6.07 Å². The van der Waals surface area contributed by atoms with Gasteiger partial charge in [-0.2, -0.15) is 5.26 Å². The van der Waals surface area contributed by atoms with Crippen molar-refractivity contribution in [2.45, 2.75) is 51.1 Å². The van der Waals surface area contributed by atoms with Gasteiger partial charge in [-0.25, -0.2) is 9.78 Å². The minimum atomic E-state index is -0.487. The Bertz CT molecular complexity index is 700. The fourth-order valence-electron chi connectivity index (χ4n) is 2.87. The van der Waals surface area contributed by atoms with Gasteiger partial charge in [0.25, 0.3) is 0 Å². The van der Waals surface area contributed by atoms with Crippen LogP contribution in [0.15, 0.2) is 11.1 Å². The minimum Gasteiger partial charge on any atom is -0.462 e. The molecule has 1 aromatic rings. The highest BCUT2D eigenvalue weighted by atomic mass is 32.2. The van der Waals surface area contributed by atoms with Crippen LogP contribution < -0.4 is 0 Å². The standard InChI is InChI=1S/C18H23N3O3S/c1-4-24-18(23)15-9-14(10-19)17(20-13(15)3)25-11-16(22)21-8-6-5-7-12(21)2/h9,12H,4-8,11H2,1-3H3/t12-/m1/s1. The summed E-state index contributed by atoms with van der Waals surface area (Å²) < 4.78 is 4.98. The van der Waals surface area contributed by atoms with Crippen molar-refractivity contribution in [3.63, 3.8) is 0 Å². The van der Waals surface area contributed by atoms with Gasteiger partial charge in [0.05, 0.1) is 29.2 Å². The number of nitriles is 1. The molecule has 0 unspecified atom stereocenters. The number of likely N-dealkylation sites (tertiary alicyclic amines) is 1. The van der Waals surface area contributed by atoms with Crippen LogP contribution in [0.2, 0.25) is 0 Å². The first-order valence-electron chi connectivity index (χ1n) is 8.49. The Kier molecular flexibility index (Phi) is 6.82. The van der Waals surface area contributed by atoms with Gasteiger partial charge in [-0.15, -0.1) is 0 Å². The van der Waals surface area contributed by atoms with Crippen molar-refractivity contribution >= 4 is 23.6 Å². The zero-order valence-corrected chi connectivity index (χ0v) is 15.7. The molecule has 0 spiro atoms. The summed E-state index contributed by atoms with van der Waals surface area (Å²) in [6, 6.07) is 3.82. The smallest absolute Gasteiger partial charge is 0.340 e. The van der Waals surface area contributed by atoms with Gasteiger partial charge >= 0.3 is 5.97 Å². The molecule has 134 valence electrons. The molecule has 1 saturated heterocycles. The maximum atomic E-state index is 12.4. The van der Waals surface area contributed by atoms with E-state index in [2.05, 4.69) is 18.0 Å². The van der Waals surface area contributed by atoms with Crippen LogP contribution in [0.4, 0.5) is 0 Å². The Morgan fingerprint density at radius 3 is 2.88 bits per heavy atom. The van der Waals surface area contributed by atoms with Gasteiger partial charge in [0.1, 0.15) is 11.1 Å². The van der Waals surface area contributed by atoms with Crippen molar-refractivity contribution in [3.05, 3.63) is 22.9 Å². The predicted molar refractivity (Wildman–Crippen MR) is 95.4 cm³/mol. The number of amides is 1. The molecule has 6 nitrogen and oxygen atoms in total. The van der Waals surface area contributed by atoms with Crippen molar-refractivity contribution < 1.29 is 14.3 Å². The van der Waals surface area contributed by atoms with E-state index < -0.39 is 5.97 Å². The quantitative estimate of drug-likeness (QED) is 0.592. The normalized spacial score (nSPS) is 17.0. The van der Waals surface area contributed by atoms with Gasteiger partial charge in [-0.1, -0.05) is 11.8 Å². The number of piperidine rings is 1. The zero-order valence-electron chi connectivity index (χ0n) is 14.9. The molecule has 2 rings (SSSR count). The molecule has 7 heteroatoms. The lowest BCUT2D eigenvalue weighted by Gasteiger charge is -2.33. The summed E-state index contributed by atoms with van der Waals surface area (Å²) in [7, 11) is 0. The number of carbonyl (C=O) groups excluding carboxylic acids is 2. The third-order valence-electron chi connectivity index (χ3n) is 4.25. The summed E-state index contributed by atoms with van der Waals surface area (Å²) in [4.78, 5) is 30.6. The second kappa shape index (κ2) is 8.86. The van der Waals surface area contributed by atoms with Crippen LogP contribution in [0.3, 0.4) is 0 Å². The van der Waals surface area contributed by atoms with Crippen LogP contribution in [0.25, 0.3) is 0 Å². The van der Waals surface area contributed by atoms with Crippen molar-refractivity contribution in [2.75, 3.05) is 18.9 Å². The molecular weight excluding hydrogens is 338 g/mol. The number of ether oxygens (including phenoxy) is 1. The van der Waals surface area contributed by atoms with Crippen LogP contribution in [0, 0.1) is 18.3 Å². The lowest BCUT2D eigenvalue weighted by Crippen LogP contribution is -2.42. The van der Waals surface area contributed by atoms with E-state index in [9.17, 15) is 14.9 Å². The third kappa shape index (κ3) is 4.73. The zero-order chi connectivity index (χ0) is 18.4. The molecular formula is C18H23N3O3S. The maximum absolute atomic E-state index is 12.4. The van der Waals surface area contributed by atoms with E-state index in [1.54, 1.807) is 13.8 Å². The Morgan fingerprint density at radius 1 is 1.48 bits per heavy atom. The highest BCUT2D eigenvalue weighted by molar-refractivity contribution is 8.00. The summed E-state index contributed by atoms with van der Waals surface area (Å²) in [5, 5.41) is 9.83. The Hall–Kier alpha value is -2.07. The fraction of sp³-hybridized carbons (Fsp3) is 0.556. The van der Waals surface area contributed by atoms with E-state index in [0.717, 1.165) is 25.8 Å². The first-order valence-corrected chi connectivity index (χ1v) is 9.47. The van der Waals surface area contributed by atoms with Crippen LogP contribution in [-0.4, -0.2) is 46.7 Å². The molecule has 1 aliphatic rings. The second-order valence-electron chi connectivity index (χ2n) is 6.03. The molecule has 1 atom stereocenters. The van der Waals surface area contributed by atoms with Gasteiger partial charge in [0.2, 0.25) is 5.91 Å². The SMILES string of the molecule is CCOC(=O)c1cc(C#N)c(SCC(=O)N2CCCC[C@H]2C)nc1C. The number of hydrogen-bond acceptors (Lipinski definition) is 6. The number of aryl methyl sites for hydroxylation is 1. The number of carbonyl (C=O) groups is 2. The molecule has 0 N–H and O–H groups in total. The summed E-state index contributed by atoms with van der Waals surface area (Å²) in [5.41, 5.74) is 1.08. The molecule has 2 heterocycles. The molecule has 1 fully saturated rings. The van der Waals surface area contributed by atoms with E-state index in [-0.39, 0.29) is 29.9 Å². The second-order valence-corrected chi connectivity index (χ2v) is 6.99.